The third-order valence-corrected chi connectivity index (χ3v) is 1.55. The Morgan fingerprint density at radius 3 is 2.67 bits per heavy atom. The average molecular weight is 190 g/mol. The standard InChI is InChI=1S/C5H4BrNO2/c1-3-4(2-8)5(6)7-9-3/h2H,1H3. The lowest BCUT2D eigenvalue weighted by Gasteiger charge is -1.78. The highest BCUT2D eigenvalue weighted by Gasteiger charge is 2.07. The predicted molar refractivity (Wildman–Crippen MR) is 34.3 cm³/mol. The molecule has 1 rings (SSSR count). The zero-order chi connectivity index (χ0) is 6.85. The molecule has 0 radical (unpaired) electrons. The fourth-order valence-electron chi connectivity index (χ4n) is 0.484. The van der Waals surface area contributed by atoms with Crippen molar-refractivity contribution in [1.82, 2.24) is 5.16 Å². The first-order valence-electron chi connectivity index (χ1n) is 2.32. The van der Waals surface area contributed by atoms with E-state index in [-0.39, 0.29) is 0 Å². The Labute approximate surface area is 60.2 Å². The topological polar surface area (TPSA) is 43.1 Å². The van der Waals surface area contributed by atoms with Gasteiger partial charge in [-0.1, -0.05) is 5.16 Å². The summed E-state index contributed by atoms with van der Waals surface area (Å²) in [6, 6.07) is 0. The highest BCUT2D eigenvalue weighted by molar-refractivity contribution is 9.10. The van der Waals surface area contributed by atoms with Crippen LogP contribution in [0.25, 0.3) is 0 Å². The molecule has 0 bridgehead atoms. The van der Waals surface area contributed by atoms with Crippen molar-refractivity contribution in [3.05, 3.63) is 15.9 Å². The van der Waals surface area contributed by atoms with Crippen LogP contribution < -0.4 is 0 Å². The number of rotatable bonds is 1. The van der Waals surface area contributed by atoms with Gasteiger partial charge in [0.05, 0.1) is 5.56 Å². The van der Waals surface area contributed by atoms with Gasteiger partial charge in [-0.25, -0.2) is 0 Å². The summed E-state index contributed by atoms with van der Waals surface area (Å²) >= 11 is 3.04. The fourth-order valence-corrected chi connectivity index (χ4v) is 0.929. The van der Waals surface area contributed by atoms with Crippen molar-refractivity contribution in [2.75, 3.05) is 0 Å². The third kappa shape index (κ3) is 1.03. The van der Waals surface area contributed by atoms with Crippen LogP contribution in [-0.2, 0) is 0 Å². The van der Waals surface area contributed by atoms with Crippen LogP contribution in [0.2, 0.25) is 0 Å². The minimum Gasteiger partial charge on any atom is -0.360 e. The van der Waals surface area contributed by atoms with E-state index >= 15 is 0 Å². The van der Waals surface area contributed by atoms with Gasteiger partial charge in [-0.2, -0.15) is 0 Å². The largest absolute Gasteiger partial charge is 0.360 e. The van der Waals surface area contributed by atoms with E-state index in [2.05, 4.69) is 25.6 Å². The average Bonchev–Trinajstić information content (AvgIpc) is 2.12. The van der Waals surface area contributed by atoms with Gasteiger partial charge in [-0.05, 0) is 22.9 Å². The number of aromatic nitrogens is 1. The fraction of sp³-hybridized carbons (Fsp3) is 0.200. The maximum absolute atomic E-state index is 10.2. The molecule has 4 heteroatoms. The summed E-state index contributed by atoms with van der Waals surface area (Å²) in [7, 11) is 0. The molecule has 1 aromatic heterocycles. The van der Waals surface area contributed by atoms with Crippen molar-refractivity contribution in [2.24, 2.45) is 0 Å². The number of carbonyl (C=O) groups excluding carboxylic acids is 1. The molecule has 48 valence electrons. The van der Waals surface area contributed by atoms with Crippen molar-refractivity contribution in [3.63, 3.8) is 0 Å². The SMILES string of the molecule is Cc1onc(Br)c1C=O. The van der Waals surface area contributed by atoms with Crippen molar-refractivity contribution >= 4 is 22.2 Å². The second-order valence-corrected chi connectivity index (χ2v) is 2.31. The number of aryl methyl sites for hydroxylation is 1. The number of carbonyl (C=O) groups is 1. The highest BCUT2D eigenvalue weighted by atomic mass is 79.9. The first-order valence-corrected chi connectivity index (χ1v) is 3.12. The lowest BCUT2D eigenvalue weighted by atomic mass is 10.3. The molecule has 9 heavy (non-hydrogen) atoms. The Hall–Kier alpha value is -0.640. The van der Waals surface area contributed by atoms with Gasteiger partial charge in [0.25, 0.3) is 0 Å². The van der Waals surface area contributed by atoms with Crippen LogP contribution in [0.5, 0.6) is 0 Å². The first-order chi connectivity index (χ1) is 4.25. The lowest BCUT2D eigenvalue weighted by Crippen LogP contribution is -1.78. The third-order valence-electron chi connectivity index (χ3n) is 0.982. The van der Waals surface area contributed by atoms with E-state index in [1.165, 1.54) is 0 Å². The van der Waals surface area contributed by atoms with Crippen molar-refractivity contribution in [1.29, 1.82) is 0 Å². The summed E-state index contributed by atoms with van der Waals surface area (Å²) in [6.45, 7) is 1.68. The minimum absolute atomic E-state index is 0.468. The highest BCUT2D eigenvalue weighted by Crippen LogP contribution is 2.15. The molecule has 0 aliphatic rings. The van der Waals surface area contributed by atoms with Crippen molar-refractivity contribution < 1.29 is 9.32 Å². The number of nitrogens with zero attached hydrogens (tertiary/aromatic N) is 1. The number of aldehydes is 1. The summed E-state index contributed by atoms with van der Waals surface area (Å²) in [5.41, 5.74) is 0.481. The maximum Gasteiger partial charge on any atom is 0.159 e. The van der Waals surface area contributed by atoms with Gasteiger partial charge in [0.2, 0.25) is 0 Å². The summed E-state index contributed by atoms with van der Waals surface area (Å²) in [4.78, 5) is 10.2. The smallest absolute Gasteiger partial charge is 0.159 e. The summed E-state index contributed by atoms with van der Waals surface area (Å²) < 4.78 is 5.13. The van der Waals surface area contributed by atoms with Crippen LogP contribution in [0.4, 0.5) is 0 Å². The molecular weight excluding hydrogens is 186 g/mol. The molecule has 0 aliphatic carbocycles. The van der Waals surface area contributed by atoms with Crippen LogP contribution in [-0.4, -0.2) is 11.4 Å². The van der Waals surface area contributed by atoms with Gasteiger partial charge in [-0.15, -0.1) is 0 Å². The zero-order valence-corrected chi connectivity index (χ0v) is 6.31. The Morgan fingerprint density at radius 2 is 2.44 bits per heavy atom. The zero-order valence-electron chi connectivity index (χ0n) is 4.72. The Bertz CT molecular complexity index is 211. The second kappa shape index (κ2) is 2.31. The van der Waals surface area contributed by atoms with Crippen molar-refractivity contribution in [3.8, 4) is 0 Å². The molecule has 0 unspecified atom stereocenters. The minimum atomic E-state index is 0.468. The first kappa shape index (κ1) is 6.48. The Morgan fingerprint density at radius 1 is 1.78 bits per heavy atom. The molecule has 0 N–H and O–H groups in total. The van der Waals surface area contributed by atoms with Gasteiger partial charge in [-0.3, -0.25) is 4.79 Å². The maximum atomic E-state index is 10.2. The van der Waals surface area contributed by atoms with Crippen LogP contribution in [0, 0.1) is 6.92 Å². The van der Waals surface area contributed by atoms with Gasteiger partial charge in [0, 0.05) is 0 Å². The molecule has 1 heterocycles. The van der Waals surface area contributed by atoms with Crippen LogP contribution in [0.1, 0.15) is 16.1 Å². The van der Waals surface area contributed by atoms with E-state index in [1.54, 1.807) is 6.92 Å². The van der Waals surface area contributed by atoms with E-state index < -0.39 is 0 Å². The molecule has 0 fully saturated rings. The number of hydrogen-bond donors (Lipinski definition) is 0. The van der Waals surface area contributed by atoms with E-state index in [9.17, 15) is 4.79 Å². The molecule has 0 atom stereocenters. The van der Waals surface area contributed by atoms with E-state index in [1.807, 2.05) is 0 Å². The monoisotopic (exact) mass is 189 g/mol. The molecule has 0 amide bonds. The molecule has 1 aromatic rings. The number of halogens is 1. The number of hydrogen-bond acceptors (Lipinski definition) is 3. The van der Waals surface area contributed by atoms with E-state index in [4.69, 9.17) is 0 Å². The Kier molecular flexibility index (Phi) is 1.66. The van der Waals surface area contributed by atoms with Crippen LogP contribution in [0.3, 0.4) is 0 Å². The van der Waals surface area contributed by atoms with Gasteiger partial charge in [0.1, 0.15) is 5.76 Å². The lowest BCUT2D eigenvalue weighted by molar-refractivity contribution is 0.112. The van der Waals surface area contributed by atoms with Gasteiger partial charge >= 0.3 is 0 Å². The second-order valence-electron chi connectivity index (χ2n) is 1.56. The van der Waals surface area contributed by atoms with Gasteiger partial charge < -0.3 is 4.52 Å². The summed E-state index contributed by atoms with van der Waals surface area (Å²) in [5, 5.41) is 3.50. The van der Waals surface area contributed by atoms with Crippen molar-refractivity contribution in [2.45, 2.75) is 6.92 Å². The van der Waals surface area contributed by atoms with Gasteiger partial charge in [0.15, 0.2) is 10.9 Å². The molecule has 0 saturated carbocycles. The van der Waals surface area contributed by atoms with Crippen LogP contribution >= 0.6 is 15.9 Å². The molecule has 0 aliphatic heterocycles. The molecule has 0 saturated heterocycles. The summed E-state index contributed by atoms with van der Waals surface area (Å²) in [6.07, 6.45) is 0.704. The van der Waals surface area contributed by atoms with Crippen LogP contribution in [0.15, 0.2) is 9.13 Å². The molecule has 3 nitrogen and oxygen atoms in total. The predicted octanol–water partition coefficient (Wildman–Crippen LogP) is 1.56. The van der Waals surface area contributed by atoms with E-state index in [0.29, 0.717) is 22.2 Å². The molecule has 0 spiro atoms. The Balaban J connectivity index is 3.22. The quantitative estimate of drug-likeness (QED) is 0.631. The normalized spacial score (nSPS) is 9.56. The van der Waals surface area contributed by atoms with E-state index in [0.717, 1.165) is 0 Å². The molecular formula is C5H4BrNO2. The molecule has 0 aromatic carbocycles. The summed E-state index contributed by atoms with van der Waals surface area (Å²) in [5.74, 6) is 0.539.